The van der Waals surface area contributed by atoms with E-state index >= 15 is 0 Å². The fourth-order valence-electron chi connectivity index (χ4n) is 3.13. The van der Waals surface area contributed by atoms with E-state index in [1.54, 1.807) is 0 Å². The van der Waals surface area contributed by atoms with Gasteiger partial charge in [0.2, 0.25) is 0 Å². The maximum Gasteiger partial charge on any atom is 0.00923 e. The molecule has 1 rings (SSSR count). The minimum absolute atomic E-state index is 0.770. The number of rotatable bonds is 8. The molecule has 1 nitrogen and oxygen atoms in total. The average molecular weight is 237 g/mol. The quantitative estimate of drug-likeness (QED) is 0.483. The van der Waals surface area contributed by atoms with Crippen molar-refractivity contribution in [2.24, 2.45) is 11.8 Å². The molecule has 1 aliphatic rings. The molecule has 1 atom stereocenters. The standard InChI is InChI=1S/C16H31N/c1-4-5-6-7-8-9-16(17-3)15-12-10-14(2)11-13-15/h4,14-17H,1,5-13H2,2-3H3. The lowest BCUT2D eigenvalue weighted by Crippen LogP contribution is -2.35. The predicted molar refractivity (Wildman–Crippen MR) is 77.3 cm³/mol. The van der Waals surface area contributed by atoms with Gasteiger partial charge in [-0.05, 0) is 51.0 Å². The molecule has 1 unspecified atom stereocenters. The van der Waals surface area contributed by atoms with Crippen LogP contribution in [0.15, 0.2) is 12.7 Å². The Bertz CT molecular complexity index is 192. The topological polar surface area (TPSA) is 12.0 Å². The molecule has 0 aromatic rings. The van der Waals surface area contributed by atoms with Gasteiger partial charge < -0.3 is 5.32 Å². The minimum atomic E-state index is 0.770. The summed E-state index contributed by atoms with van der Waals surface area (Å²) in [5.41, 5.74) is 0. The summed E-state index contributed by atoms with van der Waals surface area (Å²) in [6, 6.07) is 0.770. The van der Waals surface area contributed by atoms with Gasteiger partial charge in [0.1, 0.15) is 0 Å². The van der Waals surface area contributed by atoms with Gasteiger partial charge in [-0.1, -0.05) is 38.7 Å². The lowest BCUT2D eigenvalue weighted by atomic mass is 9.78. The highest BCUT2D eigenvalue weighted by Crippen LogP contribution is 2.31. The van der Waals surface area contributed by atoms with Crippen molar-refractivity contribution in [3.63, 3.8) is 0 Å². The molecule has 0 aromatic carbocycles. The third kappa shape index (κ3) is 5.72. The molecular weight excluding hydrogens is 206 g/mol. The molecule has 1 saturated carbocycles. The van der Waals surface area contributed by atoms with Crippen LogP contribution in [-0.4, -0.2) is 13.1 Å². The van der Waals surface area contributed by atoms with Crippen molar-refractivity contribution < 1.29 is 0 Å². The van der Waals surface area contributed by atoms with Crippen LogP contribution in [0.25, 0.3) is 0 Å². The first-order valence-corrected chi connectivity index (χ1v) is 7.56. The molecule has 1 N–H and O–H groups in total. The number of hydrogen-bond acceptors (Lipinski definition) is 1. The fraction of sp³-hybridized carbons (Fsp3) is 0.875. The van der Waals surface area contributed by atoms with E-state index in [4.69, 9.17) is 0 Å². The summed E-state index contributed by atoms with van der Waals surface area (Å²) in [6.45, 7) is 6.18. The second kappa shape index (κ2) is 8.74. The van der Waals surface area contributed by atoms with Gasteiger partial charge in [0.05, 0.1) is 0 Å². The maximum absolute atomic E-state index is 3.78. The van der Waals surface area contributed by atoms with Crippen molar-refractivity contribution in [3.8, 4) is 0 Å². The van der Waals surface area contributed by atoms with Crippen molar-refractivity contribution in [3.05, 3.63) is 12.7 Å². The van der Waals surface area contributed by atoms with Crippen LogP contribution in [0.5, 0.6) is 0 Å². The molecule has 1 fully saturated rings. The highest BCUT2D eigenvalue weighted by atomic mass is 14.9. The monoisotopic (exact) mass is 237 g/mol. The van der Waals surface area contributed by atoms with Crippen molar-refractivity contribution in [1.29, 1.82) is 0 Å². The van der Waals surface area contributed by atoms with Gasteiger partial charge in [-0.3, -0.25) is 0 Å². The number of allylic oxidation sites excluding steroid dienone is 1. The predicted octanol–water partition coefficient (Wildman–Crippen LogP) is 4.54. The summed E-state index contributed by atoms with van der Waals surface area (Å²) in [5.74, 6) is 1.91. The first-order valence-electron chi connectivity index (χ1n) is 7.56. The Kier molecular flexibility index (Phi) is 7.59. The van der Waals surface area contributed by atoms with E-state index < -0.39 is 0 Å². The zero-order chi connectivity index (χ0) is 12.5. The van der Waals surface area contributed by atoms with Crippen LogP contribution in [0.4, 0.5) is 0 Å². The molecule has 100 valence electrons. The summed E-state index contributed by atoms with van der Waals surface area (Å²) in [5, 5.41) is 3.56. The van der Waals surface area contributed by atoms with E-state index in [2.05, 4.69) is 25.9 Å². The zero-order valence-electron chi connectivity index (χ0n) is 11.9. The van der Waals surface area contributed by atoms with Gasteiger partial charge in [0.15, 0.2) is 0 Å². The Morgan fingerprint density at radius 2 is 1.88 bits per heavy atom. The zero-order valence-corrected chi connectivity index (χ0v) is 11.9. The van der Waals surface area contributed by atoms with Crippen molar-refractivity contribution in [2.45, 2.75) is 70.8 Å². The van der Waals surface area contributed by atoms with E-state index in [0.29, 0.717) is 0 Å². The lowest BCUT2D eigenvalue weighted by Gasteiger charge is -2.32. The smallest absolute Gasteiger partial charge is 0.00923 e. The number of unbranched alkanes of at least 4 members (excludes halogenated alkanes) is 3. The molecule has 0 radical (unpaired) electrons. The molecule has 0 spiro atoms. The molecule has 0 aromatic heterocycles. The maximum atomic E-state index is 3.78. The molecule has 0 bridgehead atoms. The number of nitrogens with one attached hydrogen (secondary N) is 1. The molecule has 1 heteroatoms. The van der Waals surface area contributed by atoms with Crippen molar-refractivity contribution in [1.82, 2.24) is 5.32 Å². The van der Waals surface area contributed by atoms with Gasteiger partial charge in [0, 0.05) is 6.04 Å². The third-order valence-corrected chi connectivity index (χ3v) is 4.42. The van der Waals surface area contributed by atoms with Gasteiger partial charge in [-0.25, -0.2) is 0 Å². The molecule has 0 saturated heterocycles. The van der Waals surface area contributed by atoms with Crippen LogP contribution in [0, 0.1) is 11.8 Å². The lowest BCUT2D eigenvalue weighted by molar-refractivity contribution is 0.226. The van der Waals surface area contributed by atoms with Crippen LogP contribution < -0.4 is 5.32 Å². The van der Waals surface area contributed by atoms with Crippen LogP contribution in [0.2, 0.25) is 0 Å². The van der Waals surface area contributed by atoms with E-state index in [-0.39, 0.29) is 0 Å². The Hall–Kier alpha value is -0.300. The fourth-order valence-corrected chi connectivity index (χ4v) is 3.13. The Labute approximate surface area is 108 Å². The van der Waals surface area contributed by atoms with Crippen LogP contribution in [0.3, 0.4) is 0 Å². The third-order valence-electron chi connectivity index (χ3n) is 4.42. The van der Waals surface area contributed by atoms with Crippen LogP contribution in [0.1, 0.15) is 64.7 Å². The summed E-state index contributed by atoms with van der Waals surface area (Å²) in [6.07, 6.45) is 14.4. The molecule has 0 aliphatic heterocycles. The molecule has 0 amide bonds. The average Bonchev–Trinajstić information content (AvgIpc) is 2.35. The molecular formula is C16H31N. The van der Waals surface area contributed by atoms with E-state index in [9.17, 15) is 0 Å². The Morgan fingerprint density at radius 3 is 2.47 bits per heavy atom. The summed E-state index contributed by atoms with van der Waals surface area (Å²) in [4.78, 5) is 0. The normalized spacial score (nSPS) is 26.7. The summed E-state index contributed by atoms with van der Waals surface area (Å²) < 4.78 is 0. The van der Waals surface area contributed by atoms with Gasteiger partial charge in [-0.15, -0.1) is 6.58 Å². The second-order valence-electron chi connectivity index (χ2n) is 5.84. The molecule has 17 heavy (non-hydrogen) atoms. The van der Waals surface area contributed by atoms with Crippen molar-refractivity contribution in [2.75, 3.05) is 7.05 Å². The van der Waals surface area contributed by atoms with Crippen LogP contribution in [-0.2, 0) is 0 Å². The molecule has 0 heterocycles. The van der Waals surface area contributed by atoms with E-state index in [1.807, 2.05) is 6.08 Å². The second-order valence-corrected chi connectivity index (χ2v) is 5.84. The summed E-state index contributed by atoms with van der Waals surface area (Å²) in [7, 11) is 2.15. The Morgan fingerprint density at radius 1 is 1.18 bits per heavy atom. The van der Waals surface area contributed by atoms with Gasteiger partial charge >= 0.3 is 0 Å². The highest BCUT2D eigenvalue weighted by Gasteiger charge is 2.24. The van der Waals surface area contributed by atoms with Crippen molar-refractivity contribution >= 4 is 0 Å². The summed E-state index contributed by atoms with van der Waals surface area (Å²) >= 11 is 0. The largest absolute Gasteiger partial charge is 0.317 e. The first kappa shape index (κ1) is 14.8. The van der Waals surface area contributed by atoms with Crippen LogP contribution >= 0.6 is 0 Å². The molecule has 1 aliphatic carbocycles. The SMILES string of the molecule is C=CCCCCCC(NC)C1CCC(C)CC1. The van der Waals surface area contributed by atoms with E-state index in [1.165, 1.54) is 57.8 Å². The highest BCUT2D eigenvalue weighted by molar-refractivity contribution is 4.80. The first-order chi connectivity index (χ1) is 8.27. The van der Waals surface area contributed by atoms with Gasteiger partial charge in [0.25, 0.3) is 0 Å². The number of hydrogen-bond donors (Lipinski definition) is 1. The van der Waals surface area contributed by atoms with E-state index in [0.717, 1.165) is 17.9 Å². The Balaban J connectivity index is 2.16. The minimum Gasteiger partial charge on any atom is -0.317 e. The van der Waals surface area contributed by atoms with Gasteiger partial charge in [-0.2, -0.15) is 0 Å².